The van der Waals surface area contributed by atoms with E-state index in [0.29, 0.717) is 24.8 Å². The molecule has 0 radical (unpaired) electrons. The Bertz CT molecular complexity index is 586. The van der Waals surface area contributed by atoms with Crippen LogP contribution in [0.2, 0.25) is 0 Å². The Morgan fingerprint density at radius 1 is 1.38 bits per heavy atom. The second-order valence-electron chi connectivity index (χ2n) is 6.36. The van der Waals surface area contributed by atoms with Crippen molar-refractivity contribution in [1.29, 1.82) is 0 Å². The molecule has 1 N–H and O–H groups in total. The van der Waals surface area contributed by atoms with Gasteiger partial charge in [0.15, 0.2) is 0 Å². The molecule has 1 aliphatic heterocycles. The monoisotopic (exact) mass is 333 g/mol. The first-order valence-electron chi connectivity index (χ1n) is 8.42. The van der Waals surface area contributed by atoms with Gasteiger partial charge >= 0.3 is 0 Å². The van der Waals surface area contributed by atoms with Crippen molar-refractivity contribution >= 4 is 17.9 Å². The van der Waals surface area contributed by atoms with E-state index in [-0.39, 0.29) is 11.8 Å². The van der Waals surface area contributed by atoms with Crippen molar-refractivity contribution in [2.75, 3.05) is 33.7 Å². The predicted octanol–water partition coefficient (Wildman–Crippen LogP) is 1.66. The lowest BCUT2D eigenvalue weighted by atomic mass is 10.0. The number of nitrogens with zero attached hydrogens (tertiary/aromatic N) is 2. The van der Waals surface area contributed by atoms with Crippen LogP contribution in [0.15, 0.2) is 22.6 Å². The minimum absolute atomic E-state index is 0.0792. The van der Waals surface area contributed by atoms with Crippen LogP contribution in [0.4, 0.5) is 0 Å². The van der Waals surface area contributed by atoms with E-state index in [4.69, 9.17) is 4.42 Å². The fraction of sp³-hybridized carbons (Fsp3) is 0.556. The molecule has 1 aromatic rings. The fourth-order valence-electron chi connectivity index (χ4n) is 2.81. The van der Waals surface area contributed by atoms with Crippen LogP contribution < -0.4 is 5.32 Å². The summed E-state index contributed by atoms with van der Waals surface area (Å²) < 4.78 is 5.35. The predicted molar refractivity (Wildman–Crippen MR) is 93.4 cm³/mol. The number of nitrogens with one attached hydrogen (secondary N) is 1. The molecule has 0 spiro atoms. The molecule has 0 bridgehead atoms. The van der Waals surface area contributed by atoms with Gasteiger partial charge in [0.1, 0.15) is 11.5 Å². The summed E-state index contributed by atoms with van der Waals surface area (Å²) in [5.41, 5.74) is 0. The number of carbonyl (C=O) groups is 2. The molecule has 0 saturated carbocycles. The maximum atomic E-state index is 12.2. The summed E-state index contributed by atoms with van der Waals surface area (Å²) in [6, 6.07) is 3.96. The van der Waals surface area contributed by atoms with Crippen molar-refractivity contribution in [2.24, 2.45) is 0 Å². The largest absolute Gasteiger partial charge is 0.462 e. The Labute approximate surface area is 143 Å². The molecular weight excluding hydrogens is 306 g/mol. The van der Waals surface area contributed by atoms with Crippen molar-refractivity contribution in [3.05, 3.63) is 29.7 Å². The first kappa shape index (κ1) is 18.3. The van der Waals surface area contributed by atoms with E-state index in [1.807, 2.05) is 24.9 Å². The van der Waals surface area contributed by atoms with E-state index >= 15 is 0 Å². The average molecular weight is 333 g/mol. The zero-order chi connectivity index (χ0) is 17.5. The van der Waals surface area contributed by atoms with E-state index in [9.17, 15) is 9.59 Å². The number of rotatable bonds is 6. The van der Waals surface area contributed by atoms with Crippen LogP contribution in [0.5, 0.6) is 0 Å². The summed E-state index contributed by atoms with van der Waals surface area (Å²) in [5.74, 6) is 1.30. The van der Waals surface area contributed by atoms with Crippen molar-refractivity contribution in [3.63, 3.8) is 0 Å². The Hall–Kier alpha value is -2.08. The topological polar surface area (TPSA) is 65.8 Å². The summed E-state index contributed by atoms with van der Waals surface area (Å²) in [6.07, 6.45) is 5.38. The molecule has 1 aliphatic rings. The van der Waals surface area contributed by atoms with Crippen LogP contribution >= 0.6 is 0 Å². The third kappa shape index (κ3) is 5.53. The summed E-state index contributed by atoms with van der Waals surface area (Å²) in [6.45, 7) is 4.24. The molecule has 6 heteroatoms. The van der Waals surface area contributed by atoms with Gasteiger partial charge in [-0.25, -0.2) is 0 Å². The standard InChI is InChI=1S/C18H27N3O3/c1-14-4-5-16(24-14)6-7-17(22)19-11-8-18(23)21(3)15-9-12-20(2)13-10-15/h4-7,15H,8-13H2,1-3H3,(H,19,22)/b7-6-. The highest BCUT2D eigenvalue weighted by atomic mass is 16.3. The second-order valence-corrected chi connectivity index (χ2v) is 6.36. The van der Waals surface area contributed by atoms with Crippen LogP contribution in [-0.2, 0) is 9.59 Å². The number of carbonyl (C=O) groups excluding carboxylic acids is 2. The number of aryl methyl sites for hydroxylation is 1. The Balaban J connectivity index is 1.68. The highest BCUT2D eigenvalue weighted by Crippen LogP contribution is 2.14. The van der Waals surface area contributed by atoms with E-state index in [1.165, 1.54) is 6.08 Å². The molecule has 1 fully saturated rings. The molecule has 0 aliphatic carbocycles. The van der Waals surface area contributed by atoms with Crippen molar-refractivity contribution in [3.8, 4) is 0 Å². The summed E-state index contributed by atoms with van der Waals surface area (Å²) >= 11 is 0. The quantitative estimate of drug-likeness (QED) is 0.804. The molecule has 132 valence electrons. The molecule has 2 heterocycles. The maximum absolute atomic E-state index is 12.2. The van der Waals surface area contributed by atoms with E-state index in [1.54, 1.807) is 12.1 Å². The van der Waals surface area contributed by atoms with Crippen LogP contribution in [-0.4, -0.2) is 61.4 Å². The molecule has 2 amide bonds. The first-order valence-corrected chi connectivity index (χ1v) is 8.42. The lowest BCUT2D eigenvalue weighted by Crippen LogP contribution is -2.45. The lowest BCUT2D eigenvalue weighted by Gasteiger charge is -2.35. The van der Waals surface area contributed by atoms with Crippen LogP contribution in [0, 0.1) is 6.92 Å². The maximum Gasteiger partial charge on any atom is 0.244 e. The van der Waals surface area contributed by atoms with Gasteiger partial charge in [0.2, 0.25) is 11.8 Å². The van der Waals surface area contributed by atoms with Crippen molar-refractivity contribution in [1.82, 2.24) is 15.1 Å². The van der Waals surface area contributed by atoms with E-state index < -0.39 is 0 Å². The number of likely N-dealkylation sites (tertiary alicyclic amines) is 1. The van der Waals surface area contributed by atoms with Gasteiger partial charge < -0.3 is 19.5 Å². The minimum atomic E-state index is -0.223. The number of amides is 2. The van der Waals surface area contributed by atoms with Crippen molar-refractivity contribution in [2.45, 2.75) is 32.2 Å². The van der Waals surface area contributed by atoms with Crippen LogP contribution in [0.1, 0.15) is 30.8 Å². The SMILES string of the molecule is Cc1ccc(/C=C\C(=O)NCCC(=O)N(C)C2CCN(C)CC2)o1. The van der Waals surface area contributed by atoms with Crippen LogP contribution in [0.3, 0.4) is 0 Å². The minimum Gasteiger partial charge on any atom is -0.462 e. The Kier molecular flexibility index (Phi) is 6.61. The molecule has 24 heavy (non-hydrogen) atoms. The van der Waals surface area contributed by atoms with Gasteiger partial charge in [-0.3, -0.25) is 9.59 Å². The number of hydrogen-bond donors (Lipinski definition) is 1. The van der Waals surface area contributed by atoms with Gasteiger partial charge in [0.25, 0.3) is 0 Å². The highest BCUT2D eigenvalue weighted by molar-refractivity contribution is 5.91. The second kappa shape index (κ2) is 8.68. The van der Waals surface area contributed by atoms with Crippen molar-refractivity contribution < 1.29 is 14.0 Å². The highest BCUT2D eigenvalue weighted by Gasteiger charge is 2.23. The smallest absolute Gasteiger partial charge is 0.244 e. The third-order valence-electron chi connectivity index (χ3n) is 4.43. The number of piperidine rings is 1. The molecular formula is C18H27N3O3. The zero-order valence-corrected chi connectivity index (χ0v) is 14.7. The zero-order valence-electron chi connectivity index (χ0n) is 14.7. The van der Waals surface area contributed by atoms with Gasteiger partial charge in [-0.2, -0.15) is 0 Å². The molecule has 0 aromatic carbocycles. The molecule has 0 atom stereocenters. The molecule has 0 unspecified atom stereocenters. The third-order valence-corrected chi connectivity index (χ3v) is 4.43. The van der Waals surface area contributed by atoms with Gasteiger partial charge in [-0.15, -0.1) is 0 Å². The Morgan fingerprint density at radius 3 is 2.71 bits per heavy atom. The molecule has 6 nitrogen and oxygen atoms in total. The average Bonchev–Trinajstić information content (AvgIpc) is 2.98. The Morgan fingerprint density at radius 2 is 2.08 bits per heavy atom. The van der Waals surface area contributed by atoms with Gasteiger partial charge in [0.05, 0.1) is 0 Å². The van der Waals surface area contributed by atoms with Gasteiger partial charge in [-0.1, -0.05) is 0 Å². The lowest BCUT2D eigenvalue weighted by molar-refractivity contribution is -0.132. The van der Waals surface area contributed by atoms with Crippen LogP contribution in [0.25, 0.3) is 6.08 Å². The molecule has 1 aromatic heterocycles. The summed E-state index contributed by atoms with van der Waals surface area (Å²) in [5, 5.41) is 2.73. The summed E-state index contributed by atoms with van der Waals surface area (Å²) in [4.78, 5) is 28.1. The normalized spacial score (nSPS) is 16.5. The van der Waals surface area contributed by atoms with E-state index in [0.717, 1.165) is 31.7 Å². The molecule has 1 saturated heterocycles. The van der Waals surface area contributed by atoms with Gasteiger partial charge in [-0.05, 0) is 58.1 Å². The number of hydrogen-bond acceptors (Lipinski definition) is 4. The van der Waals surface area contributed by atoms with E-state index in [2.05, 4.69) is 17.3 Å². The fourth-order valence-corrected chi connectivity index (χ4v) is 2.81. The first-order chi connectivity index (χ1) is 11.5. The summed E-state index contributed by atoms with van der Waals surface area (Å²) in [7, 11) is 3.96. The number of furan rings is 1. The molecule has 2 rings (SSSR count). The van der Waals surface area contributed by atoms with Gasteiger partial charge in [0, 0.05) is 32.1 Å².